The van der Waals surface area contributed by atoms with Crippen molar-refractivity contribution in [1.82, 2.24) is 4.90 Å². The van der Waals surface area contributed by atoms with Crippen LogP contribution in [0.3, 0.4) is 0 Å². The van der Waals surface area contributed by atoms with Gasteiger partial charge in [0.25, 0.3) is 0 Å². The Balaban J connectivity index is 1.97. The normalized spacial score (nSPS) is 10.5. The van der Waals surface area contributed by atoms with Gasteiger partial charge in [-0.15, -0.1) is 11.8 Å². The molecule has 116 valence electrons. The van der Waals surface area contributed by atoms with Crippen LogP contribution < -0.4 is 0 Å². The van der Waals surface area contributed by atoms with Crippen LogP contribution in [0, 0.1) is 0 Å². The zero-order chi connectivity index (χ0) is 16.1. The number of amides is 1. The Bertz CT molecular complexity index is 658. The van der Waals surface area contributed by atoms with Crippen molar-refractivity contribution in [3.63, 3.8) is 0 Å². The highest BCUT2D eigenvalue weighted by Crippen LogP contribution is 2.23. The first-order valence-corrected chi connectivity index (χ1v) is 8.78. The van der Waals surface area contributed by atoms with Crippen LogP contribution >= 0.6 is 35.0 Å². The van der Waals surface area contributed by atoms with E-state index in [4.69, 9.17) is 23.2 Å². The lowest BCUT2D eigenvalue weighted by Gasteiger charge is -2.17. The number of likely N-dealkylation sites (N-methyl/N-ethyl adjacent to an activating group) is 1. The van der Waals surface area contributed by atoms with Gasteiger partial charge in [-0.25, -0.2) is 0 Å². The summed E-state index contributed by atoms with van der Waals surface area (Å²) in [6.45, 7) is 0.592. The molecule has 0 bridgehead atoms. The maximum absolute atomic E-state index is 12.3. The molecular formula is C17H17Cl2NOS. The number of thioether (sulfide) groups is 1. The summed E-state index contributed by atoms with van der Waals surface area (Å²) in [6.07, 6.45) is 2.36. The summed E-state index contributed by atoms with van der Waals surface area (Å²) < 4.78 is 0. The molecular weight excluding hydrogens is 337 g/mol. The second kappa shape index (κ2) is 7.91. The summed E-state index contributed by atoms with van der Waals surface area (Å²) in [4.78, 5) is 15.2. The third kappa shape index (κ3) is 4.67. The molecule has 0 N–H and O–H groups in total. The molecule has 0 spiro atoms. The van der Waals surface area contributed by atoms with Gasteiger partial charge in [0.1, 0.15) is 0 Å². The molecule has 2 aromatic carbocycles. The van der Waals surface area contributed by atoms with Crippen molar-refractivity contribution < 1.29 is 4.79 Å². The fourth-order valence-electron chi connectivity index (χ4n) is 2.05. The minimum Gasteiger partial charge on any atom is -0.341 e. The molecule has 0 heterocycles. The third-order valence-electron chi connectivity index (χ3n) is 3.34. The Morgan fingerprint density at radius 3 is 2.27 bits per heavy atom. The van der Waals surface area contributed by atoms with E-state index in [1.54, 1.807) is 28.8 Å². The first-order valence-electron chi connectivity index (χ1n) is 6.80. The molecule has 0 atom stereocenters. The summed E-state index contributed by atoms with van der Waals surface area (Å²) in [6, 6.07) is 13.5. The lowest BCUT2D eigenvalue weighted by atomic mass is 10.1. The van der Waals surface area contributed by atoms with Crippen molar-refractivity contribution in [2.45, 2.75) is 17.9 Å². The van der Waals surface area contributed by atoms with Gasteiger partial charge in [0, 0.05) is 18.5 Å². The molecule has 0 saturated heterocycles. The first kappa shape index (κ1) is 17.2. The standard InChI is InChI=1S/C17H17Cl2NOS/c1-20(11-12-3-6-14(22-2)7-4-12)17(21)10-13-5-8-15(18)16(19)9-13/h3-9H,10-11H2,1-2H3. The van der Waals surface area contributed by atoms with Crippen molar-refractivity contribution in [1.29, 1.82) is 0 Å². The number of carbonyl (C=O) groups excluding carboxylic acids is 1. The average molecular weight is 354 g/mol. The molecule has 0 aliphatic heterocycles. The predicted octanol–water partition coefficient (Wildman–Crippen LogP) is 4.92. The van der Waals surface area contributed by atoms with Crippen LogP contribution in [0.2, 0.25) is 10.0 Å². The third-order valence-corrected chi connectivity index (χ3v) is 4.83. The highest BCUT2D eigenvalue weighted by atomic mass is 35.5. The van der Waals surface area contributed by atoms with Crippen LogP contribution in [0.1, 0.15) is 11.1 Å². The van der Waals surface area contributed by atoms with Crippen LogP contribution in [0.5, 0.6) is 0 Å². The van der Waals surface area contributed by atoms with E-state index in [2.05, 4.69) is 24.3 Å². The second-order valence-electron chi connectivity index (χ2n) is 5.02. The summed E-state index contributed by atoms with van der Waals surface area (Å²) >= 11 is 13.6. The van der Waals surface area contributed by atoms with Gasteiger partial charge in [0.2, 0.25) is 5.91 Å². The number of rotatable bonds is 5. The molecule has 1 amide bonds. The number of hydrogen-bond acceptors (Lipinski definition) is 2. The molecule has 0 fully saturated rings. The summed E-state index contributed by atoms with van der Waals surface area (Å²) in [7, 11) is 1.81. The largest absolute Gasteiger partial charge is 0.341 e. The minimum atomic E-state index is 0.0485. The molecule has 0 unspecified atom stereocenters. The van der Waals surface area contributed by atoms with Gasteiger partial charge < -0.3 is 4.90 Å². The van der Waals surface area contributed by atoms with E-state index in [1.807, 2.05) is 19.4 Å². The van der Waals surface area contributed by atoms with Gasteiger partial charge in [0.05, 0.1) is 16.5 Å². The van der Waals surface area contributed by atoms with Crippen molar-refractivity contribution in [2.24, 2.45) is 0 Å². The molecule has 0 aliphatic rings. The van der Waals surface area contributed by atoms with E-state index < -0.39 is 0 Å². The van der Waals surface area contributed by atoms with Gasteiger partial charge in [-0.2, -0.15) is 0 Å². The average Bonchev–Trinajstić information content (AvgIpc) is 2.51. The number of carbonyl (C=O) groups is 1. The quantitative estimate of drug-likeness (QED) is 0.711. The van der Waals surface area contributed by atoms with E-state index in [1.165, 1.54) is 4.90 Å². The highest BCUT2D eigenvalue weighted by Gasteiger charge is 2.11. The Morgan fingerprint density at radius 2 is 1.68 bits per heavy atom. The van der Waals surface area contributed by atoms with Crippen LogP contribution in [0.15, 0.2) is 47.4 Å². The van der Waals surface area contributed by atoms with Gasteiger partial charge in [0.15, 0.2) is 0 Å². The molecule has 5 heteroatoms. The molecule has 2 rings (SSSR count). The zero-order valence-electron chi connectivity index (χ0n) is 12.5. The molecule has 2 nitrogen and oxygen atoms in total. The van der Waals surface area contributed by atoms with Crippen molar-refractivity contribution in [3.05, 3.63) is 63.6 Å². The van der Waals surface area contributed by atoms with Crippen molar-refractivity contribution in [2.75, 3.05) is 13.3 Å². The molecule has 0 saturated carbocycles. The minimum absolute atomic E-state index is 0.0485. The van der Waals surface area contributed by atoms with Crippen molar-refractivity contribution in [3.8, 4) is 0 Å². The fraction of sp³-hybridized carbons (Fsp3) is 0.235. The summed E-state index contributed by atoms with van der Waals surface area (Å²) in [5, 5.41) is 0.974. The molecule has 2 aromatic rings. The maximum atomic E-state index is 12.3. The van der Waals surface area contributed by atoms with Gasteiger partial charge in [-0.3, -0.25) is 4.79 Å². The smallest absolute Gasteiger partial charge is 0.227 e. The topological polar surface area (TPSA) is 20.3 Å². The molecule has 0 aromatic heterocycles. The monoisotopic (exact) mass is 353 g/mol. The van der Waals surface area contributed by atoms with Gasteiger partial charge in [-0.1, -0.05) is 41.4 Å². The van der Waals surface area contributed by atoms with E-state index in [-0.39, 0.29) is 5.91 Å². The Morgan fingerprint density at radius 1 is 1.05 bits per heavy atom. The maximum Gasteiger partial charge on any atom is 0.227 e. The second-order valence-corrected chi connectivity index (χ2v) is 6.72. The Labute approximate surface area is 145 Å². The van der Waals surface area contributed by atoms with Crippen LogP contribution in [0.25, 0.3) is 0 Å². The van der Waals surface area contributed by atoms with Gasteiger partial charge in [-0.05, 0) is 41.6 Å². The van der Waals surface area contributed by atoms with Crippen molar-refractivity contribution >= 4 is 40.9 Å². The lowest BCUT2D eigenvalue weighted by Crippen LogP contribution is -2.27. The summed E-state index contributed by atoms with van der Waals surface area (Å²) in [5.74, 6) is 0.0485. The SMILES string of the molecule is CSc1ccc(CN(C)C(=O)Cc2ccc(Cl)c(Cl)c2)cc1. The Kier molecular flexibility index (Phi) is 6.18. The van der Waals surface area contributed by atoms with E-state index >= 15 is 0 Å². The summed E-state index contributed by atoms with van der Waals surface area (Å²) in [5.41, 5.74) is 1.98. The lowest BCUT2D eigenvalue weighted by molar-refractivity contribution is -0.129. The van der Waals surface area contributed by atoms with E-state index in [9.17, 15) is 4.79 Å². The highest BCUT2D eigenvalue weighted by molar-refractivity contribution is 7.98. The molecule has 22 heavy (non-hydrogen) atoms. The number of benzene rings is 2. The number of halogens is 2. The van der Waals surface area contributed by atoms with Crippen LogP contribution in [-0.2, 0) is 17.8 Å². The predicted molar refractivity (Wildman–Crippen MR) is 94.9 cm³/mol. The first-order chi connectivity index (χ1) is 10.5. The fourth-order valence-corrected chi connectivity index (χ4v) is 2.78. The van der Waals surface area contributed by atoms with E-state index in [0.29, 0.717) is 23.0 Å². The number of nitrogens with zero attached hydrogens (tertiary/aromatic N) is 1. The molecule has 0 radical (unpaired) electrons. The van der Waals surface area contributed by atoms with Crippen LogP contribution in [-0.4, -0.2) is 24.1 Å². The molecule has 0 aliphatic carbocycles. The Hall–Kier alpha value is -1.16. The number of hydrogen-bond donors (Lipinski definition) is 0. The van der Waals surface area contributed by atoms with Crippen LogP contribution in [0.4, 0.5) is 0 Å². The van der Waals surface area contributed by atoms with E-state index in [0.717, 1.165) is 11.1 Å². The zero-order valence-corrected chi connectivity index (χ0v) is 14.8. The van der Waals surface area contributed by atoms with Gasteiger partial charge >= 0.3 is 0 Å².